The normalized spacial score (nSPS) is 16.3. The molecule has 8 nitrogen and oxygen atoms in total. The highest BCUT2D eigenvalue weighted by Crippen LogP contribution is 2.28. The Labute approximate surface area is 191 Å². The molecule has 3 aromatic rings. The Morgan fingerprint density at radius 1 is 1.28 bits per heavy atom. The highest BCUT2D eigenvalue weighted by atomic mass is 32.1. The lowest BCUT2D eigenvalue weighted by Crippen LogP contribution is -2.35. The summed E-state index contributed by atoms with van der Waals surface area (Å²) in [6, 6.07) is 14.0. The van der Waals surface area contributed by atoms with Crippen LogP contribution in [-0.2, 0) is 6.54 Å². The van der Waals surface area contributed by atoms with Crippen molar-refractivity contribution in [3.8, 4) is 6.07 Å². The van der Waals surface area contributed by atoms with Crippen molar-refractivity contribution < 1.29 is 4.79 Å². The molecule has 0 radical (unpaired) electrons. The molecule has 0 spiro atoms. The number of nitriles is 1. The minimum Gasteiger partial charge on any atom is -0.347 e. The van der Waals surface area contributed by atoms with Crippen LogP contribution in [-0.4, -0.2) is 45.4 Å². The summed E-state index contributed by atoms with van der Waals surface area (Å²) in [6.07, 6.45) is 2.09. The number of anilines is 2. The van der Waals surface area contributed by atoms with Gasteiger partial charge in [-0.05, 0) is 31.9 Å². The topological polar surface area (TPSA) is 107 Å². The molecule has 4 rings (SSSR count). The Hall–Kier alpha value is -3.35. The van der Waals surface area contributed by atoms with E-state index in [1.807, 2.05) is 43.3 Å². The van der Waals surface area contributed by atoms with Crippen LogP contribution < -0.4 is 10.6 Å². The van der Waals surface area contributed by atoms with Crippen LogP contribution in [0.2, 0.25) is 0 Å². The average molecular weight is 448 g/mol. The van der Waals surface area contributed by atoms with Crippen LogP contribution in [0.3, 0.4) is 0 Å². The van der Waals surface area contributed by atoms with E-state index >= 15 is 0 Å². The molecular formula is C23H25N7OS. The Morgan fingerprint density at radius 3 is 2.94 bits per heavy atom. The lowest BCUT2D eigenvalue weighted by molar-refractivity contribution is 0.0946. The number of nitrogens with zero attached hydrogens (tertiary/aromatic N) is 5. The lowest BCUT2D eigenvalue weighted by atomic mass is 9.94. The Bertz CT molecular complexity index is 1110. The number of carbonyl (C=O) groups is 1. The van der Waals surface area contributed by atoms with E-state index in [-0.39, 0.29) is 11.8 Å². The van der Waals surface area contributed by atoms with E-state index in [1.54, 1.807) is 5.38 Å². The summed E-state index contributed by atoms with van der Waals surface area (Å²) in [5, 5.41) is 17.5. The molecule has 0 unspecified atom stereocenters. The number of benzene rings is 1. The number of aromatic nitrogens is 3. The average Bonchev–Trinajstić information content (AvgIpc) is 3.27. The van der Waals surface area contributed by atoms with Crippen molar-refractivity contribution >= 4 is 28.2 Å². The summed E-state index contributed by atoms with van der Waals surface area (Å²) >= 11 is 1.36. The van der Waals surface area contributed by atoms with E-state index in [4.69, 9.17) is 5.26 Å². The van der Waals surface area contributed by atoms with E-state index in [9.17, 15) is 4.79 Å². The van der Waals surface area contributed by atoms with Gasteiger partial charge >= 0.3 is 0 Å². The van der Waals surface area contributed by atoms with Crippen LogP contribution in [0, 0.1) is 18.3 Å². The smallest absolute Gasteiger partial charge is 0.271 e. The Morgan fingerprint density at radius 2 is 2.12 bits per heavy atom. The molecule has 0 saturated carbocycles. The van der Waals surface area contributed by atoms with E-state index in [2.05, 4.69) is 36.6 Å². The number of aryl methyl sites for hydroxylation is 1. The van der Waals surface area contributed by atoms with Gasteiger partial charge in [0.05, 0.1) is 18.3 Å². The monoisotopic (exact) mass is 447 g/mol. The third kappa shape index (κ3) is 5.66. The van der Waals surface area contributed by atoms with Crippen molar-refractivity contribution in [1.82, 2.24) is 25.2 Å². The van der Waals surface area contributed by atoms with Gasteiger partial charge in [-0.3, -0.25) is 9.69 Å². The van der Waals surface area contributed by atoms with Crippen LogP contribution >= 0.6 is 11.3 Å². The third-order valence-corrected chi connectivity index (χ3v) is 6.10. The molecule has 0 bridgehead atoms. The fourth-order valence-corrected chi connectivity index (χ4v) is 4.52. The number of hydrogen-bond acceptors (Lipinski definition) is 8. The standard InChI is InChI=1S/C23H25N7OS/c1-16-26-19(18-8-5-10-30(14-18)11-9-24)12-21(27-16)29-23-28-20(15-32-23)22(31)25-13-17-6-3-2-4-7-17/h2-4,6-7,12,15,18H,5,8,10-11,13-14H2,1H3,(H,25,31)(H,26,27,28,29)/t18-/m0/s1. The summed E-state index contributed by atoms with van der Waals surface area (Å²) in [6.45, 7) is 4.55. The molecule has 3 heterocycles. The molecule has 1 saturated heterocycles. The van der Waals surface area contributed by atoms with Crippen LogP contribution in [0.4, 0.5) is 10.9 Å². The maximum Gasteiger partial charge on any atom is 0.271 e. The number of thiazole rings is 1. The lowest BCUT2D eigenvalue weighted by Gasteiger charge is -2.30. The largest absolute Gasteiger partial charge is 0.347 e. The molecular weight excluding hydrogens is 422 g/mol. The maximum absolute atomic E-state index is 12.4. The first kappa shape index (κ1) is 21.9. The summed E-state index contributed by atoms with van der Waals surface area (Å²) in [5.74, 6) is 1.41. The molecule has 2 aromatic heterocycles. The van der Waals surface area contributed by atoms with Crippen LogP contribution in [0.15, 0.2) is 41.8 Å². The number of piperidine rings is 1. The molecule has 9 heteroatoms. The first-order chi connectivity index (χ1) is 15.6. The van der Waals surface area contributed by atoms with Gasteiger partial charge in [0.1, 0.15) is 17.3 Å². The zero-order valence-corrected chi connectivity index (χ0v) is 18.7. The Kier molecular flexibility index (Phi) is 7.04. The molecule has 1 aliphatic rings. The molecule has 1 aliphatic heterocycles. The van der Waals surface area contributed by atoms with E-state index in [0.29, 0.717) is 35.6 Å². The number of rotatable bonds is 7. The first-order valence-electron chi connectivity index (χ1n) is 10.6. The van der Waals surface area contributed by atoms with Crippen LogP contribution in [0.25, 0.3) is 0 Å². The number of nitrogens with one attached hydrogen (secondary N) is 2. The fraction of sp³-hybridized carbons (Fsp3) is 0.348. The van der Waals surface area contributed by atoms with E-state index in [0.717, 1.165) is 37.2 Å². The molecule has 1 fully saturated rings. The molecule has 0 aliphatic carbocycles. The van der Waals surface area contributed by atoms with Crippen molar-refractivity contribution in [2.75, 3.05) is 25.0 Å². The summed E-state index contributed by atoms with van der Waals surface area (Å²) in [5.41, 5.74) is 2.38. The van der Waals surface area contributed by atoms with Gasteiger partial charge in [-0.2, -0.15) is 5.26 Å². The summed E-state index contributed by atoms with van der Waals surface area (Å²) in [7, 11) is 0. The molecule has 1 aromatic carbocycles. The molecule has 1 amide bonds. The summed E-state index contributed by atoms with van der Waals surface area (Å²) < 4.78 is 0. The maximum atomic E-state index is 12.4. The minimum absolute atomic E-state index is 0.211. The number of amides is 1. The number of hydrogen-bond donors (Lipinski definition) is 2. The predicted molar refractivity (Wildman–Crippen MR) is 124 cm³/mol. The molecule has 32 heavy (non-hydrogen) atoms. The second kappa shape index (κ2) is 10.3. The van der Waals surface area contributed by atoms with Crippen molar-refractivity contribution in [1.29, 1.82) is 5.26 Å². The van der Waals surface area contributed by atoms with Gasteiger partial charge in [0.25, 0.3) is 5.91 Å². The van der Waals surface area contributed by atoms with Gasteiger partial charge in [0, 0.05) is 30.5 Å². The van der Waals surface area contributed by atoms with E-state index < -0.39 is 0 Å². The van der Waals surface area contributed by atoms with Gasteiger partial charge in [-0.1, -0.05) is 30.3 Å². The highest BCUT2D eigenvalue weighted by molar-refractivity contribution is 7.14. The Balaban J connectivity index is 1.41. The summed E-state index contributed by atoms with van der Waals surface area (Å²) in [4.78, 5) is 28.1. The predicted octanol–water partition coefficient (Wildman–Crippen LogP) is 3.62. The van der Waals surface area contributed by atoms with Crippen LogP contribution in [0.1, 0.15) is 46.3 Å². The van der Waals surface area contributed by atoms with Crippen LogP contribution in [0.5, 0.6) is 0 Å². The van der Waals surface area contributed by atoms with Crippen molar-refractivity contribution in [2.45, 2.75) is 32.2 Å². The molecule has 1 atom stereocenters. The third-order valence-electron chi connectivity index (χ3n) is 5.34. The SMILES string of the molecule is Cc1nc(Nc2nc(C(=O)NCc3ccccc3)cs2)cc([C@H]2CCCN(CC#N)C2)n1. The molecule has 164 valence electrons. The molecule has 2 N–H and O–H groups in total. The first-order valence-corrected chi connectivity index (χ1v) is 11.5. The fourth-order valence-electron chi connectivity index (χ4n) is 3.82. The van der Waals surface area contributed by atoms with Gasteiger partial charge in [0.15, 0.2) is 5.13 Å². The van der Waals surface area contributed by atoms with E-state index in [1.165, 1.54) is 11.3 Å². The second-order valence-electron chi connectivity index (χ2n) is 7.79. The van der Waals surface area contributed by atoms with Crippen molar-refractivity contribution in [2.24, 2.45) is 0 Å². The van der Waals surface area contributed by atoms with Gasteiger partial charge in [-0.25, -0.2) is 15.0 Å². The highest BCUT2D eigenvalue weighted by Gasteiger charge is 2.23. The number of carbonyl (C=O) groups excluding carboxylic acids is 1. The van der Waals surface area contributed by atoms with Gasteiger partial charge in [-0.15, -0.1) is 11.3 Å². The quantitative estimate of drug-likeness (QED) is 0.533. The van der Waals surface area contributed by atoms with Crippen molar-refractivity contribution in [3.05, 3.63) is 64.6 Å². The second-order valence-corrected chi connectivity index (χ2v) is 8.65. The number of likely N-dealkylation sites (tertiary alicyclic amines) is 1. The van der Waals surface area contributed by atoms with Gasteiger partial charge < -0.3 is 10.6 Å². The zero-order chi connectivity index (χ0) is 22.3. The van der Waals surface area contributed by atoms with Crippen molar-refractivity contribution in [3.63, 3.8) is 0 Å². The minimum atomic E-state index is -0.211. The zero-order valence-electron chi connectivity index (χ0n) is 17.9. The van der Waals surface area contributed by atoms with Gasteiger partial charge in [0.2, 0.25) is 0 Å².